The van der Waals surface area contributed by atoms with Crippen LogP contribution in [0.25, 0.3) is 0 Å². The molecule has 1 atom stereocenters. The number of hydrogen-bond acceptors (Lipinski definition) is 4. The molecule has 40 heavy (non-hydrogen) atoms. The van der Waals surface area contributed by atoms with E-state index < -0.39 is 5.97 Å². The fraction of sp³-hybridized carbons (Fsp3) is 0.735. The minimum atomic E-state index is -0.934. The molecule has 0 aliphatic rings. The maximum absolute atomic E-state index is 11.8. The number of carbonyl (C=O) groups excluding carboxylic acids is 2. The van der Waals surface area contributed by atoms with Crippen LogP contribution in [0.1, 0.15) is 166 Å². The van der Waals surface area contributed by atoms with E-state index in [1.54, 1.807) is 12.1 Å². The third-order valence-corrected chi connectivity index (χ3v) is 7.43. The topological polar surface area (TPSA) is 80.7 Å². The third kappa shape index (κ3) is 25.1. The number of benzene rings is 1. The summed E-state index contributed by atoms with van der Waals surface area (Å²) < 4.78 is 4.95. The van der Waals surface area contributed by atoms with E-state index in [1.165, 1.54) is 108 Å². The number of esters is 2. The van der Waals surface area contributed by atoms with Gasteiger partial charge in [-0.1, -0.05) is 142 Å². The first kappa shape index (κ1) is 38.1. The lowest BCUT2D eigenvalue weighted by molar-refractivity contribution is -0.159. The molecular weight excluding hydrogens is 524 g/mol. The zero-order chi connectivity index (χ0) is 29.8. The Hall–Kier alpha value is -1.88. The number of ether oxygens (including phenoxy) is 1. The average Bonchev–Trinajstić information content (AvgIpc) is 2.92. The Morgan fingerprint density at radius 3 is 1.48 bits per heavy atom. The summed E-state index contributed by atoms with van der Waals surface area (Å²) in [6.45, 7) is 6.85. The Balaban J connectivity index is 0.00000126. The molecule has 0 radical (unpaired) electrons. The molecule has 0 saturated carbocycles. The molecule has 0 aliphatic heterocycles. The fourth-order valence-electron chi connectivity index (χ4n) is 4.58. The van der Waals surface area contributed by atoms with E-state index in [2.05, 4.69) is 20.8 Å². The lowest BCUT2D eigenvalue weighted by Crippen LogP contribution is -2.11. The van der Waals surface area contributed by atoms with Gasteiger partial charge >= 0.3 is 17.9 Å². The number of carboxylic acid groups (broad SMARTS) is 1. The van der Waals surface area contributed by atoms with Gasteiger partial charge in [0.15, 0.2) is 0 Å². The van der Waals surface area contributed by atoms with Gasteiger partial charge in [-0.05, 0) is 43.0 Å². The molecule has 0 saturated heterocycles. The lowest BCUT2D eigenvalue weighted by Gasteiger charge is -2.10. The molecule has 0 amide bonds. The van der Waals surface area contributed by atoms with Crippen LogP contribution in [0.5, 0.6) is 0 Å². The first-order chi connectivity index (χ1) is 19.3. The number of carbonyl (C=O) groups is 3. The zero-order valence-electron chi connectivity index (χ0n) is 25.7. The van der Waals surface area contributed by atoms with Crippen molar-refractivity contribution >= 4 is 29.5 Å². The minimum absolute atomic E-state index is 0.254. The van der Waals surface area contributed by atoms with Crippen LogP contribution < -0.4 is 0 Å². The quantitative estimate of drug-likeness (QED) is 0.0790. The molecule has 0 bridgehead atoms. The molecule has 0 spiro atoms. The lowest BCUT2D eigenvalue weighted by atomic mass is 9.96. The minimum Gasteiger partial charge on any atom is -0.478 e. The predicted molar refractivity (Wildman–Crippen MR) is 167 cm³/mol. The van der Waals surface area contributed by atoms with Gasteiger partial charge in [0, 0.05) is 17.9 Å². The number of aromatic carboxylic acids is 1. The first-order valence-electron chi connectivity index (χ1n) is 16.0. The molecule has 230 valence electrons. The van der Waals surface area contributed by atoms with Gasteiger partial charge < -0.3 is 9.84 Å². The molecule has 0 heterocycles. The summed E-state index contributed by atoms with van der Waals surface area (Å²) in [5.41, 5.74) is 0.254. The molecule has 0 aromatic heterocycles. The van der Waals surface area contributed by atoms with Crippen LogP contribution in [0.2, 0.25) is 5.02 Å². The average molecular weight is 581 g/mol. The molecule has 1 N–H and O–H groups in total. The summed E-state index contributed by atoms with van der Waals surface area (Å²) in [5, 5.41) is 8.98. The highest BCUT2D eigenvalue weighted by Crippen LogP contribution is 2.17. The highest BCUT2D eigenvalue weighted by Gasteiger charge is 2.10. The van der Waals surface area contributed by atoms with Crippen molar-refractivity contribution in [1.82, 2.24) is 0 Å². The van der Waals surface area contributed by atoms with Crippen molar-refractivity contribution in [2.24, 2.45) is 5.92 Å². The largest absolute Gasteiger partial charge is 0.478 e. The highest BCUT2D eigenvalue weighted by molar-refractivity contribution is 6.30. The van der Waals surface area contributed by atoms with Crippen LogP contribution in [0.4, 0.5) is 0 Å². The van der Waals surface area contributed by atoms with Crippen molar-refractivity contribution in [3.8, 4) is 0 Å². The Bertz CT molecular complexity index is 762. The van der Waals surface area contributed by atoms with E-state index in [4.69, 9.17) is 21.4 Å². The molecule has 0 fully saturated rings. The molecule has 5 nitrogen and oxygen atoms in total. The Labute approximate surface area is 249 Å². The van der Waals surface area contributed by atoms with Crippen LogP contribution in [-0.2, 0) is 14.3 Å². The molecule has 6 heteroatoms. The van der Waals surface area contributed by atoms with E-state index in [9.17, 15) is 14.4 Å². The second-order valence-corrected chi connectivity index (χ2v) is 11.6. The number of halogens is 1. The van der Waals surface area contributed by atoms with Gasteiger partial charge in [0.05, 0.1) is 5.56 Å². The van der Waals surface area contributed by atoms with E-state index in [0.717, 1.165) is 31.6 Å². The van der Waals surface area contributed by atoms with Gasteiger partial charge in [0.1, 0.15) is 0 Å². The molecular formula is C34H57ClO5. The molecule has 1 rings (SSSR count). The van der Waals surface area contributed by atoms with Crippen LogP contribution in [0, 0.1) is 5.92 Å². The zero-order valence-corrected chi connectivity index (χ0v) is 26.5. The van der Waals surface area contributed by atoms with Gasteiger partial charge in [-0.3, -0.25) is 9.59 Å². The van der Waals surface area contributed by atoms with Gasteiger partial charge in [-0.25, -0.2) is 4.79 Å². The summed E-state index contributed by atoms with van der Waals surface area (Å²) >= 11 is 5.52. The van der Waals surface area contributed by atoms with Crippen LogP contribution in [-0.4, -0.2) is 23.0 Å². The molecule has 1 unspecified atom stereocenters. The predicted octanol–water partition coefficient (Wildman–Crippen LogP) is 11.0. The van der Waals surface area contributed by atoms with Crippen molar-refractivity contribution in [1.29, 1.82) is 0 Å². The van der Waals surface area contributed by atoms with E-state index in [0.29, 0.717) is 17.9 Å². The van der Waals surface area contributed by atoms with E-state index in [1.807, 2.05) is 0 Å². The first-order valence-corrected chi connectivity index (χ1v) is 16.4. The van der Waals surface area contributed by atoms with Gasteiger partial charge in [0.25, 0.3) is 0 Å². The Morgan fingerprint density at radius 1 is 0.650 bits per heavy atom. The molecule has 0 aliphatic carbocycles. The monoisotopic (exact) mass is 580 g/mol. The Morgan fingerprint density at radius 2 is 1.02 bits per heavy atom. The second-order valence-electron chi connectivity index (χ2n) is 11.1. The van der Waals surface area contributed by atoms with Crippen LogP contribution in [0.15, 0.2) is 24.3 Å². The smallest absolute Gasteiger partial charge is 0.335 e. The molecule has 1 aromatic rings. The Kier molecular flexibility index (Phi) is 26.0. The highest BCUT2D eigenvalue weighted by atomic mass is 35.5. The standard InChI is InChI=1S/C27H52O3.C7H5ClO2/c1-4-6-8-9-10-11-12-13-14-19-23-26(28)30-27(29)24-20-16-15-18-22-25(3)21-17-7-5-2;8-6-3-1-5(2-4-6)7(9)10/h25H,4-24H2,1-3H3;1-4H,(H,9,10). The van der Waals surface area contributed by atoms with Gasteiger partial charge in [0.2, 0.25) is 0 Å². The fourth-order valence-corrected chi connectivity index (χ4v) is 4.71. The third-order valence-electron chi connectivity index (χ3n) is 7.18. The maximum atomic E-state index is 11.8. The van der Waals surface area contributed by atoms with Crippen molar-refractivity contribution < 1.29 is 24.2 Å². The normalized spacial score (nSPS) is 11.4. The van der Waals surface area contributed by atoms with Crippen molar-refractivity contribution in [3.05, 3.63) is 34.9 Å². The second kappa shape index (κ2) is 27.3. The summed E-state index contributed by atoms with van der Waals surface area (Å²) in [7, 11) is 0. The van der Waals surface area contributed by atoms with Crippen molar-refractivity contribution in [2.75, 3.05) is 0 Å². The summed E-state index contributed by atoms with van der Waals surface area (Å²) in [6, 6.07) is 6.02. The number of unbranched alkanes of at least 4 members (excludes halogenated alkanes) is 14. The van der Waals surface area contributed by atoms with Crippen molar-refractivity contribution in [2.45, 2.75) is 156 Å². The van der Waals surface area contributed by atoms with Crippen LogP contribution >= 0.6 is 11.6 Å². The number of rotatable bonds is 23. The maximum Gasteiger partial charge on any atom is 0.335 e. The number of hydrogen-bond donors (Lipinski definition) is 1. The van der Waals surface area contributed by atoms with Crippen molar-refractivity contribution in [3.63, 3.8) is 0 Å². The van der Waals surface area contributed by atoms with Gasteiger partial charge in [-0.15, -0.1) is 0 Å². The SMILES string of the molecule is CCCCCCCCCCCCC(=O)OC(=O)CCCCCCC(C)CCCCC.O=C(O)c1ccc(Cl)cc1. The van der Waals surface area contributed by atoms with E-state index in [-0.39, 0.29) is 17.5 Å². The number of carboxylic acids is 1. The molecule has 1 aromatic carbocycles. The summed E-state index contributed by atoms with van der Waals surface area (Å²) in [6.07, 6.45) is 24.2. The summed E-state index contributed by atoms with van der Waals surface area (Å²) in [4.78, 5) is 33.8. The summed E-state index contributed by atoms with van der Waals surface area (Å²) in [5.74, 6) is -0.776. The van der Waals surface area contributed by atoms with Gasteiger partial charge in [-0.2, -0.15) is 0 Å². The van der Waals surface area contributed by atoms with Crippen LogP contribution in [0.3, 0.4) is 0 Å². The van der Waals surface area contributed by atoms with E-state index >= 15 is 0 Å².